The summed E-state index contributed by atoms with van der Waals surface area (Å²) in [7, 11) is 3.45. The molecule has 6 nitrogen and oxygen atoms in total. The van der Waals surface area contributed by atoms with Crippen LogP contribution in [0.4, 0.5) is 0 Å². The van der Waals surface area contributed by atoms with Gasteiger partial charge in [0, 0.05) is 30.2 Å². The number of aryl methyl sites for hydroxylation is 1. The highest BCUT2D eigenvalue weighted by atomic mass is 32.1. The van der Waals surface area contributed by atoms with Crippen molar-refractivity contribution in [3.05, 3.63) is 39.8 Å². The van der Waals surface area contributed by atoms with Crippen LogP contribution in [0.1, 0.15) is 41.1 Å². The van der Waals surface area contributed by atoms with Gasteiger partial charge in [0.25, 0.3) is 0 Å². The molecule has 0 amide bonds. The first-order chi connectivity index (χ1) is 13.2. The van der Waals surface area contributed by atoms with Crippen molar-refractivity contribution in [3.63, 3.8) is 0 Å². The molecule has 3 rings (SSSR count). The number of aromatic nitrogens is 1. The number of benzene rings is 1. The van der Waals surface area contributed by atoms with Crippen molar-refractivity contribution in [1.82, 2.24) is 15.6 Å². The molecule has 1 aromatic carbocycles. The molecule has 1 saturated carbocycles. The third-order valence-corrected chi connectivity index (χ3v) is 5.53. The van der Waals surface area contributed by atoms with Gasteiger partial charge >= 0.3 is 0 Å². The van der Waals surface area contributed by atoms with Gasteiger partial charge in [0.05, 0.1) is 19.8 Å². The molecule has 7 heteroatoms. The van der Waals surface area contributed by atoms with Crippen LogP contribution in [0, 0.1) is 6.92 Å². The zero-order valence-corrected chi connectivity index (χ0v) is 17.1. The van der Waals surface area contributed by atoms with Crippen molar-refractivity contribution in [1.29, 1.82) is 0 Å². The van der Waals surface area contributed by atoms with Gasteiger partial charge in [0.2, 0.25) is 0 Å². The second kappa shape index (κ2) is 9.60. The van der Waals surface area contributed by atoms with Gasteiger partial charge in [-0.2, -0.15) is 0 Å². The van der Waals surface area contributed by atoms with Crippen LogP contribution in [-0.2, 0) is 13.1 Å². The fourth-order valence-electron chi connectivity index (χ4n) is 3.21. The van der Waals surface area contributed by atoms with E-state index in [-0.39, 0.29) is 6.10 Å². The Morgan fingerprint density at radius 3 is 2.70 bits per heavy atom. The van der Waals surface area contributed by atoms with E-state index in [9.17, 15) is 0 Å². The molecule has 2 N–H and O–H groups in total. The zero-order chi connectivity index (χ0) is 19.1. The molecule has 1 aromatic heterocycles. The Bertz CT molecular complexity index is 769. The van der Waals surface area contributed by atoms with Crippen LogP contribution in [0.3, 0.4) is 0 Å². The molecule has 0 bridgehead atoms. The SMILES string of the molecule is CN=C(NCc1ncc(C)s1)NCc1cccc(OC)c1OC1CCCC1. The summed E-state index contributed by atoms with van der Waals surface area (Å²) in [5, 5.41) is 7.71. The third-order valence-electron chi connectivity index (χ3n) is 4.61. The van der Waals surface area contributed by atoms with Gasteiger partial charge in [0.15, 0.2) is 17.5 Å². The maximum atomic E-state index is 6.29. The Kier molecular flexibility index (Phi) is 6.92. The minimum Gasteiger partial charge on any atom is -0.493 e. The van der Waals surface area contributed by atoms with Crippen LogP contribution in [0.5, 0.6) is 11.5 Å². The number of ether oxygens (including phenoxy) is 2. The number of hydrogen-bond acceptors (Lipinski definition) is 5. The summed E-state index contributed by atoms with van der Waals surface area (Å²) >= 11 is 1.69. The molecule has 2 aromatic rings. The van der Waals surface area contributed by atoms with E-state index in [1.807, 2.05) is 18.3 Å². The fourth-order valence-corrected chi connectivity index (χ4v) is 3.94. The van der Waals surface area contributed by atoms with Crippen molar-refractivity contribution < 1.29 is 9.47 Å². The number of thiazole rings is 1. The van der Waals surface area contributed by atoms with Gasteiger partial charge in [-0.1, -0.05) is 12.1 Å². The van der Waals surface area contributed by atoms with E-state index in [1.165, 1.54) is 17.7 Å². The number of hydrogen-bond donors (Lipinski definition) is 2. The molecule has 0 atom stereocenters. The summed E-state index contributed by atoms with van der Waals surface area (Å²) in [5.41, 5.74) is 1.06. The van der Waals surface area contributed by atoms with Crippen LogP contribution in [0.15, 0.2) is 29.4 Å². The molecule has 1 heterocycles. The Labute approximate surface area is 165 Å². The van der Waals surface area contributed by atoms with E-state index in [0.29, 0.717) is 13.1 Å². The molecule has 0 radical (unpaired) electrons. The van der Waals surface area contributed by atoms with Crippen LogP contribution < -0.4 is 20.1 Å². The summed E-state index contributed by atoms with van der Waals surface area (Å²) in [6.45, 7) is 3.32. The lowest BCUT2D eigenvalue weighted by atomic mass is 10.1. The number of nitrogens with one attached hydrogen (secondary N) is 2. The molecule has 0 unspecified atom stereocenters. The molecule has 1 aliphatic rings. The highest BCUT2D eigenvalue weighted by Crippen LogP contribution is 2.34. The molecule has 1 fully saturated rings. The topological polar surface area (TPSA) is 67.8 Å². The Hall–Kier alpha value is -2.28. The number of guanidine groups is 1. The second-order valence-electron chi connectivity index (χ2n) is 6.62. The maximum Gasteiger partial charge on any atom is 0.191 e. The zero-order valence-electron chi connectivity index (χ0n) is 16.2. The molecule has 0 aliphatic heterocycles. The lowest BCUT2D eigenvalue weighted by Crippen LogP contribution is -2.36. The van der Waals surface area contributed by atoms with Gasteiger partial charge in [0.1, 0.15) is 5.01 Å². The predicted molar refractivity (Wildman–Crippen MR) is 110 cm³/mol. The first kappa shape index (κ1) is 19.5. The van der Waals surface area contributed by atoms with Crippen LogP contribution >= 0.6 is 11.3 Å². The van der Waals surface area contributed by atoms with Crippen molar-refractivity contribution in [2.24, 2.45) is 4.99 Å². The van der Waals surface area contributed by atoms with Crippen LogP contribution in [0.25, 0.3) is 0 Å². The van der Waals surface area contributed by atoms with Gasteiger partial charge in [-0.15, -0.1) is 11.3 Å². The minimum atomic E-state index is 0.283. The predicted octanol–water partition coefficient (Wildman–Crippen LogP) is 3.65. The smallest absolute Gasteiger partial charge is 0.191 e. The molecular weight excluding hydrogens is 360 g/mol. The van der Waals surface area contributed by atoms with Gasteiger partial charge in [-0.3, -0.25) is 4.99 Å². The average Bonchev–Trinajstić information content (AvgIpc) is 3.34. The average molecular weight is 389 g/mol. The minimum absolute atomic E-state index is 0.283. The fraction of sp³-hybridized carbons (Fsp3) is 0.500. The maximum absolute atomic E-state index is 6.29. The number of nitrogens with zero attached hydrogens (tertiary/aromatic N) is 2. The molecule has 1 aliphatic carbocycles. The van der Waals surface area contributed by atoms with E-state index in [4.69, 9.17) is 9.47 Å². The number of para-hydroxylation sites is 1. The highest BCUT2D eigenvalue weighted by molar-refractivity contribution is 7.11. The first-order valence-electron chi connectivity index (χ1n) is 9.38. The summed E-state index contributed by atoms with van der Waals surface area (Å²) in [4.78, 5) is 9.88. The monoisotopic (exact) mass is 388 g/mol. The Morgan fingerprint density at radius 2 is 2.04 bits per heavy atom. The number of aliphatic imine (C=N–C) groups is 1. The summed E-state index contributed by atoms with van der Waals surface area (Å²) in [5.74, 6) is 2.35. The van der Waals surface area contributed by atoms with E-state index in [0.717, 1.165) is 40.9 Å². The largest absolute Gasteiger partial charge is 0.493 e. The van der Waals surface area contributed by atoms with Crippen molar-refractivity contribution >= 4 is 17.3 Å². The third kappa shape index (κ3) is 5.35. The standard InChI is InChI=1S/C20H28N4O2S/c1-14-11-22-18(27-14)13-24-20(21-2)23-12-15-7-6-10-17(25-3)19(15)26-16-8-4-5-9-16/h6-7,10-11,16H,4-5,8-9,12-13H2,1-3H3,(H2,21,23,24). The Morgan fingerprint density at radius 1 is 1.26 bits per heavy atom. The van der Waals surface area contributed by atoms with Gasteiger partial charge in [-0.05, 0) is 38.7 Å². The summed E-state index contributed by atoms with van der Waals surface area (Å²) in [6.07, 6.45) is 6.87. The highest BCUT2D eigenvalue weighted by Gasteiger charge is 2.20. The van der Waals surface area contributed by atoms with Crippen LogP contribution in [0.2, 0.25) is 0 Å². The summed E-state index contributed by atoms with van der Waals surface area (Å²) < 4.78 is 11.8. The lowest BCUT2D eigenvalue weighted by molar-refractivity contribution is 0.198. The Balaban J connectivity index is 1.63. The van der Waals surface area contributed by atoms with E-state index >= 15 is 0 Å². The van der Waals surface area contributed by atoms with Gasteiger partial charge < -0.3 is 20.1 Å². The summed E-state index contributed by atoms with van der Waals surface area (Å²) in [6, 6.07) is 6.01. The number of methoxy groups -OCH3 is 1. The lowest BCUT2D eigenvalue weighted by Gasteiger charge is -2.20. The second-order valence-corrected chi connectivity index (χ2v) is 7.94. The molecule has 146 valence electrons. The first-order valence-corrected chi connectivity index (χ1v) is 10.2. The number of rotatable bonds is 7. The molecular formula is C20H28N4O2S. The van der Waals surface area contributed by atoms with Gasteiger partial charge in [-0.25, -0.2) is 4.98 Å². The van der Waals surface area contributed by atoms with Crippen LogP contribution in [-0.4, -0.2) is 31.2 Å². The van der Waals surface area contributed by atoms with Crippen molar-refractivity contribution in [2.45, 2.75) is 51.8 Å². The molecule has 0 spiro atoms. The van der Waals surface area contributed by atoms with Crippen molar-refractivity contribution in [3.8, 4) is 11.5 Å². The molecule has 27 heavy (non-hydrogen) atoms. The van der Waals surface area contributed by atoms with E-state index in [1.54, 1.807) is 25.5 Å². The van der Waals surface area contributed by atoms with E-state index in [2.05, 4.69) is 33.6 Å². The van der Waals surface area contributed by atoms with E-state index < -0.39 is 0 Å². The molecule has 0 saturated heterocycles. The quantitative estimate of drug-likeness (QED) is 0.560. The van der Waals surface area contributed by atoms with Crippen molar-refractivity contribution in [2.75, 3.05) is 14.2 Å². The normalized spacial score (nSPS) is 15.0.